The molecule has 0 aliphatic carbocycles. The van der Waals surface area contributed by atoms with E-state index in [0.717, 1.165) is 29.7 Å². The quantitative estimate of drug-likeness (QED) is 0.0404. The van der Waals surface area contributed by atoms with Crippen LogP contribution in [0.4, 0.5) is 0 Å². The van der Waals surface area contributed by atoms with Crippen molar-refractivity contribution in [3.8, 4) is 22.6 Å². The van der Waals surface area contributed by atoms with Crippen LogP contribution in [0.3, 0.4) is 0 Å². The van der Waals surface area contributed by atoms with Gasteiger partial charge in [0.2, 0.25) is 0 Å². The zero-order valence-electron chi connectivity index (χ0n) is 28.3. The third kappa shape index (κ3) is 15.4. The normalized spacial score (nSPS) is 10.6. The summed E-state index contributed by atoms with van der Waals surface area (Å²) in [4.78, 5) is 21.1. The van der Waals surface area contributed by atoms with Crippen LogP contribution in [0.25, 0.3) is 23.3 Å². The molecule has 0 aliphatic rings. The number of benzene rings is 3. The molecule has 3 rings (SSSR count). The van der Waals surface area contributed by atoms with Gasteiger partial charge in [-0.05, 0) is 64.9 Å². The van der Waals surface area contributed by atoms with Crippen molar-refractivity contribution in [3.63, 3.8) is 0 Å². The highest BCUT2D eigenvalue weighted by Gasteiger charge is 2.09. The van der Waals surface area contributed by atoms with Gasteiger partial charge in [0.15, 0.2) is 0 Å². The molecule has 0 amide bonds. The van der Waals surface area contributed by atoms with E-state index in [1.807, 2.05) is 24.3 Å². The van der Waals surface area contributed by atoms with Crippen molar-refractivity contribution in [2.24, 2.45) is 0 Å². The van der Waals surface area contributed by atoms with E-state index in [1.54, 1.807) is 7.11 Å². The lowest BCUT2D eigenvalue weighted by Gasteiger charge is -2.13. The first-order chi connectivity index (χ1) is 23.3. The van der Waals surface area contributed by atoms with Crippen molar-refractivity contribution in [2.45, 2.75) is 45.4 Å². The molecule has 0 heterocycles. The highest BCUT2D eigenvalue weighted by molar-refractivity contribution is 5.87. The van der Waals surface area contributed by atoms with E-state index in [4.69, 9.17) is 29.2 Å². The van der Waals surface area contributed by atoms with E-state index in [1.165, 1.54) is 42.4 Å². The summed E-state index contributed by atoms with van der Waals surface area (Å²) in [5.74, 6) is 0.924. The summed E-state index contributed by atoms with van der Waals surface area (Å²) in [5, 5.41) is 16.9. The summed E-state index contributed by atoms with van der Waals surface area (Å²) in [6.45, 7) is 9.63. The number of aldehydes is 1. The minimum Gasteiger partial charge on any atom is -0.491 e. The van der Waals surface area contributed by atoms with Crippen LogP contribution < -0.4 is 9.47 Å². The highest BCUT2D eigenvalue weighted by atomic mass is 16.6. The Morgan fingerprint density at radius 3 is 1.94 bits per heavy atom. The first kappa shape index (κ1) is 39.7. The number of methoxy groups -OCH3 is 1. The van der Waals surface area contributed by atoms with Gasteiger partial charge in [0.1, 0.15) is 37.6 Å². The molecule has 0 fully saturated rings. The molecule has 0 aliphatic heterocycles. The minimum absolute atomic E-state index is 0.0280. The van der Waals surface area contributed by atoms with Gasteiger partial charge in [-0.1, -0.05) is 100 Å². The van der Waals surface area contributed by atoms with E-state index < -0.39 is 12.6 Å². The molecule has 3 aromatic carbocycles. The third-order valence-corrected chi connectivity index (χ3v) is 7.18. The van der Waals surface area contributed by atoms with Crippen molar-refractivity contribution in [1.29, 1.82) is 0 Å². The lowest BCUT2D eigenvalue weighted by atomic mass is 9.93. The van der Waals surface area contributed by atoms with Gasteiger partial charge in [-0.2, -0.15) is 0 Å². The summed E-state index contributed by atoms with van der Waals surface area (Å²) < 4.78 is 21.5. The highest BCUT2D eigenvalue weighted by Crippen LogP contribution is 2.29. The van der Waals surface area contributed by atoms with Crippen LogP contribution >= 0.6 is 0 Å². The number of esters is 1. The maximum Gasteiger partial charge on any atom is 0.335 e. The Morgan fingerprint density at radius 2 is 1.35 bits per heavy atom. The summed E-state index contributed by atoms with van der Waals surface area (Å²) in [7, 11) is 1.67. The smallest absolute Gasteiger partial charge is 0.335 e. The maximum atomic E-state index is 11.6. The average molecular weight is 659 g/mol. The second kappa shape index (κ2) is 23.8. The van der Waals surface area contributed by atoms with Crippen molar-refractivity contribution >= 4 is 24.4 Å². The molecular formula is C40H50O8. The zero-order valence-corrected chi connectivity index (χ0v) is 28.3. The number of unbranched alkanes of at least 4 members (excludes halogenated alkanes) is 4. The number of carbonyl (C=O) groups is 2. The number of ether oxygens (including phenoxy) is 4. The number of hydrogen-bond acceptors (Lipinski definition) is 8. The molecule has 48 heavy (non-hydrogen) atoms. The molecule has 0 spiro atoms. The van der Waals surface area contributed by atoms with E-state index in [0.29, 0.717) is 25.2 Å². The van der Waals surface area contributed by atoms with Gasteiger partial charge in [-0.3, -0.25) is 4.79 Å². The van der Waals surface area contributed by atoms with E-state index in [2.05, 4.69) is 74.7 Å². The predicted molar refractivity (Wildman–Crippen MR) is 192 cm³/mol. The Bertz CT molecular complexity index is 1420. The van der Waals surface area contributed by atoms with Gasteiger partial charge in [-0.25, -0.2) is 4.79 Å². The Morgan fingerprint density at radius 1 is 0.750 bits per heavy atom. The van der Waals surface area contributed by atoms with E-state index >= 15 is 0 Å². The molecule has 2 N–H and O–H groups in total. The standard InChI is InChI=1S/C36H44O6.C4H6O2/c1-4-5-6-7-8-9-32-26-30(11-10-29-12-17-33(18-13-29)40-23-22-39-3)14-21-35(32)31-15-19-34(20-16-31)41-24-25-42-36(38)28(2)27-37;1-4(2-5)3-6/h10-21,26,37H,2,4-9,22-25,27H2,1,3H3;2,6H,1,3H2/b11-10+;. The Balaban J connectivity index is 0.00000122. The topological polar surface area (TPSA) is 112 Å². The fourth-order valence-corrected chi connectivity index (χ4v) is 4.46. The van der Waals surface area contributed by atoms with Crippen LogP contribution in [-0.2, 0) is 25.5 Å². The number of aliphatic hydroxyl groups is 2. The van der Waals surface area contributed by atoms with E-state index in [-0.39, 0.29) is 31.0 Å². The first-order valence-corrected chi connectivity index (χ1v) is 16.3. The van der Waals surface area contributed by atoms with Crippen LogP contribution in [0, 0.1) is 0 Å². The Kier molecular flexibility index (Phi) is 19.6. The Labute approximate surface area is 285 Å². The molecule has 0 bridgehead atoms. The van der Waals surface area contributed by atoms with Crippen molar-refractivity contribution in [2.75, 3.05) is 46.8 Å². The lowest BCUT2D eigenvalue weighted by molar-refractivity contribution is -0.140. The number of hydrogen-bond donors (Lipinski definition) is 2. The number of aryl methyl sites for hydroxylation is 1. The van der Waals surface area contributed by atoms with Crippen molar-refractivity contribution in [3.05, 3.63) is 108 Å². The molecule has 0 saturated carbocycles. The molecule has 0 saturated heterocycles. The summed E-state index contributed by atoms with van der Waals surface area (Å²) in [6.07, 6.45) is 12.0. The fraction of sp³-hybridized carbons (Fsp3) is 0.350. The van der Waals surface area contributed by atoms with Gasteiger partial charge in [-0.15, -0.1) is 0 Å². The second-order valence-electron chi connectivity index (χ2n) is 11.0. The first-order valence-electron chi connectivity index (χ1n) is 16.3. The van der Waals surface area contributed by atoms with Gasteiger partial charge < -0.3 is 29.2 Å². The molecule has 0 radical (unpaired) electrons. The Hall–Kier alpha value is -4.50. The van der Waals surface area contributed by atoms with Crippen LogP contribution in [-0.4, -0.2) is 69.2 Å². The van der Waals surface area contributed by atoms with Crippen molar-refractivity contribution in [1.82, 2.24) is 0 Å². The molecule has 0 unspecified atom stereocenters. The lowest BCUT2D eigenvalue weighted by Crippen LogP contribution is -2.14. The van der Waals surface area contributed by atoms with Gasteiger partial charge in [0.25, 0.3) is 0 Å². The minimum atomic E-state index is -0.613. The van der Waals surface area contributed by atoms with Gasteiger partial charge >= 0.3 is 5.97 Å². The molecule has 8 nitrogen and oxygen atoms in total. The number of rotatable bonds is 21. The number of carbonyl (C=O) groups excluding carboxylic acids is 2. The molecule has 258 valence electrons. The molecular weight excluding hydrogens is 608 g/mol. The molecule has 8 heteroatoms. The summed E-state index contributed by atoms with van der Waals surface area (Å²) in [6, 6.07) is 22.7. The fourth-order valence-electron chi connectivity index (χ4n) is 4.46. The largest absolute Gasteiger partial charge is 0.491 e. The van der Waals surface area contributed by atoms with Crippen LogP contribution in [0.2, 0.25) is 0 Å². The van der Waals surface area contributed by atoms with Crippen LogP contribution in [0.5, 0.6) is 11.5 Å². The molecule has 0 atom stereocenters. The second-order valence-corrected chi connectivity index (χ2v) is 11.0. The van der Waals surface area contributed by atoms with Crippen LogP contribution in [0.1, 0.15) is 55.7 Å². The summed E-state index contributed by atoms with van der Waals surface area (Å²) >= 11 is 0. The zero-order chi connectivity index (χ0) is 35.0. The average Bonchev–Trinajstić information content (AvgIpc) is 3.13. The maximum absolute atomic E-state index is 11.6. The molecule has 0 aromatic heterocycles. The van der Waals surface area contributed by atoms with E-state index in [9.17, 15) is 9.59 Å². The SMILES string of the molecule is C=C(C=O)CO.C=C(CO)C(=O)OCCOc1ccc(-c2ccc(/C=C/c3ccc(OCCOC)cc3)cc2CCCCCCC)cc1. The van der Waals surface area contributed by atoms with Crippen molar-refractivity contribution < 1.29 is 38.7 Å². The summed E-state index contributed by atoms with van der Waals surface area (Å²) in [5.41, 5.74) is 6.22. The number of aliphatic hydroxyl groups excluding tert-OH is 2. The monoisotopic (exact) mass is 658 g/mol. The predicted octanol–water partition coefficient (Wildman–Crippen LogP) is 7.27. The third-order valence-electron chi connectivity index (χ3n) is 7.18. The van der Waals surface area contributed by atoms with Gasteiger partial charge in [0, 0.05) is 12.7 Å². The van der Waals surface area contributed by atoms with Gasteiger partial charge in [0.05, 0.1) is 25.4 Å². The van der Waals surface area contributed by atoms with Crippen LogP contribution in [0.15, 0.2) is 91.0 Å². The molecule has 3 aromatic rings.